The number of nitrogens with zero attached hydrogens (tertiary/aromatic N) is 2. The number of rotatable bonds is 4. The van der Waals surface area contributed by atoms with Crippen LogP contribution in [0.4, 0.5) is 4.39 Å². The Labute approximate surface area is 134 Å². The van der Waals surface area contributed by atoms with Crippen LogP contribution < -0.4 is 10.5 Å². The van der Waals surface area contributed by atoms with Crippen molar-refractivity contribution in [2.75, 3.05) is 27.4 Å². The predicted octanol–water partition coefficient (Wildman–Crippen LogP) is 2.05. The third-order valence-electron chi connectivity index (χ3n) is 3.47. The number of pyridine rings is 2. The number of ether oxygens (including phenoxy) is 3. The van der Waals surface area contributed by atoms with Gasteiger partial charge in [-0.2, -0.15) is 0 Å². The number of aromatic nitrogens is 2. The third kappa shape index (κ3) is 4.34. The molecule has 0 unspecified atom stereocenters. The van der Waals surface area contributed by atoms with Gasteiger partial charge in [-0.1, -0.05) is 0 Å². The summed E-state index contributed by atoms with van der Waals surface area (Å²) < 4.78 is 30.2. The first-order valence-electron chi connectivity index (χ1n) is 7.57. The fourth-order valence-electron chi connectivity index (χ4n) is 2.39. The van der Waals surface area contributed by atoms with Crippen LogP contribution in [0, 0.1) is 5.82 Å². The number of hydrogen-bond donors (Lipinski definition) is 1. The van der Waals surface area contributed by atoms with Gasteiger partial charge < -0.3 is 19.9 Å². The van der Waals surface area contributed by atoms with Crippen molar-refractivity contribution in [3.05, 3.63) is 29.7 Å². The van der Waals surface area contributed by atoms with Crippen LogP contribution in [-0.2, 0) is 15.9 Å². The van der Waals surface area contributed by atoms with Crippen LogP contribution in [0.2, 0.25) is 0 Å². The van der Waals surface area contributed by atoms with Crippen LogP contribution in [0.3, 0.4) is 0 Å². The Kier molecular flexibility index (Phi) is 6.64. The zero-order chi connectivity index (χ0) is 16.7. The van der Waals surface area contributed by atoms with E-state index >= 15 is 0 Å². The lowest BCUT2D eigenvalue weighted by molar-refractivity contribution is -0.180. The molecule has 0 atom stereocenters. The molecule has 3 heterocycles. The minimum atomic E-state index is -0.362. The summed E-state index contributed by atoms with van der Waals surface area (Å²) in [5.74, 6) is 0.0837. The average molecular weight is 323 g/mol. The maximum absolute atomic E-state index is 14.1. The molecule has 0 aliphatic carbocycles. The Balaban J connectivity index is 0.000000924. The van der Waals surface area contributed by atoms with Crippen LogP contribution in [0.15, 0.2) is 18.3 Å². The van der Waals surface area contributed by atoms with Crippen LogP contribution in [0.1, 0.15) is 18.4 Å². The summed E-state index contributed by atoms with van der Waals surface area (Å²) in [6, 6.07) is 3.49. The van der Waals surface area contributed by atoms with Crippen LogP contribution in [-0.4, -0.2) is 43.6 Å². The van der Waals surface area contributed by atoms with E-state index in [2.05, 4.69) is 15.7 Å². The second-order valence-corrected chi connectivity index (χ2v) is 4.87. The smallest absolute Gasteiger partial charge is 0.213 e. The normalized spacial score (nSPS) is 15.1. The van der Waals surface area contributed by atoms with Crippen LogP contribution >= 0.6 is 0 Å². The van der Waals surface area contributed by atoms with Gasteiger partial charge in [0.1, 0.15) is 5.82 Å². The van der Waals surface area contributed by atoms with Crippen LogP contribution in [0.25, 0.3) is 11.0 Å². The molecule has 0 spiro atoms. The summed E-state index contributed by atoms with van der Waals surface area (Å²) in [4.78, 5) is 8.37. The van der Waals surface area contributed by atoms with E-state index in [-0.39, 0.29) is 12.1 Å². The van der Waals surface area contributed by atoms with Crippen molar-refractivity contribution in [1.29, 1.82) is 0 Å². The van der Waals surface area contributed by atoms with Gasteiger partial charge in [0.2, 0.25) is 5.88 Å². The lowest BCUT2D eigenvalue weighted by atomic mass is 10.1. The van der Waals surface area contributed by atoms with E-state index in [0.717, 1.165) is 6.42 Å². The minimum absolute atomic E-state index is 0.271. The number of methoxy groups -OCH3 is 1. The van der Waals surface area contributed by atoms with Crippen molar-refractivity contribution in [3.63, 3.8) is 0 Å². The molecule has 7 heteroatoms. The number of fused-ring (bicyclic) bond motifs is 1. The molecule has 3 rings (SSSR count). The fourth-order valence-corrected chi connectivity index (χ4v) is 2.39. The zero-order valence-corrected chi connectivity index (χ0v) is 13.4. The minimum Gasteiger partial charge on any atom is -0.481 e. The van der Waals surface area contributed by atoms with Gasteiger partial charge in [-0.3, -0.25) is 4.98 Å². The molecule has 1 fully saturated rings. The molecule has 1 aliphatic rings. The molecule has 0 aromatic carbocycles. The first kappa shape index (κ1) is 17.5. The highest BCUT2D eigenvalue weighted by Crippen LogP contribution is 2.23. The predicted molar refractivity (Wildman–Crippen MR) is 84.8 cm³/mol. The molecule has 0 bridgehead atoms. The Morgan fingerprint density at radius 3 is 2.74 bits per heavy atom. The van der Waals surface area contributed by atoms with E-state index < -0.39 is 0 Å². The van der Waals surface area contributed by atoms with E-state index in [9.17, 15) is 4.39 Å². The second kappa shape index (κ2) is 8.71. The first-order valence-corrected chi connectivity index (χ1v) is 7.57. The summed E-state index contributed by atoms with van der Waals surface area (Å²) >= 11 is 0. The van der Waals surface area contributed by atoms with E-state index in [1.807, 2.05) is 0 Å². The highest BCUT2D eigenvalue weighted by molar-refractivity contribution is 5.78. The highest BCUT2D eigenvalue weighted by atomic mass is 19.1. The van der Waals surface area contributed by atoms with Gasteiger partial charge in [0, 0.05) is 18.1 Å². The summed E-state index contributed by atoms with van der Waals surface area (Å²) in [5, 5.41) is 0. The van der Waals surface area contributed by atoms with Crippen LogP contribution in [0.5, 0.6) is 5.88 Å². The molecule has 2 N–H and O–H groups in total. The second-order valence-electron chi connectivity index (χ2n) is 4.87. The summed E-state index contributed by atoms with van der Waals surface area (Å²) in [6.07, 6.45) is 2.94. The van der Waals surface area contributed by atoms with E-state index in [0.29, 0.717) is 48.5 Å². The van der Waals surface area contributed by atoms with E-state index in [1.54, 1.807) is 12.1 Å². The number of halogens is 1. The zero-order valence-electron chi connectivity index (χ0n) is 13.4. The molecule has 0 radical (unpaired) electrons. The SMILES string of the molecule is CN.COc1ccc2ncc(F)c(CCC3OCCCO3)c2n1. The summed E-state index contributed by atoms with van der Waals surface area (Å²) in [5.41, 5.74) is 6.21. The maximum Gasteiger partial charge on any atom is 0.213 e. The van der Waals surface area contributed by atoms with Gasteiger partial charge in [0.25, 0.3) is 0 Å². The van der Waals surface area contributed by atoms with Gasteiger partial charge in [-0.25, -0.2) is 9.37 Å². The molecule has 126 valence electrons. The Morgan fingerprint density at radius 1 is 1.30 bits per heavy atom. The largest absolute Gasteiger partial charge is 0.481 e. The number of hydrogen-bond acceptors (Lipinski definition) is 6. The van der Waals surface area contributed by atoms with Crippen molar-refractivity contribution in [2.45, 2.75) is 25.6 Å². The van der Waals surface area contributed by atoms with Gasteiger partial charge in [0.05, 0.1) is 37.6 Å². The monoisotopic (exact) mass is 323 g/mol. The topological polar surface area (TPSA) is 79.5 Å². The quantitative estimate of drug-likeness (QED) is 0.927. The summed E-state index contributed by atoms with van der Waals surface area (Å²) in [7, 11) is 3.03. The molecular weight excluding hydrogens is 301 g/mol. The number of nitrogens with two attached hydrogens (primary N) is 1. The molecular formula is C16H22FN3O3. The maximum atomic E-state index is 14.1. The summed E-state index contributed by atoms with van der Waals surface area (Å²) in [6.45, 7) is 1.38. The fraction of sp³-hybridized carbons (Fsp3) is 0.500. The number of aryl methyl sites for hydroxylation is 1. The highest BCUT2D eigenvalue weighted by Gasteiger charge is 2.17. The lowest BCUT2D eigenvalue weighted by Crippen LogP contribution is -2.25. The molecule has 2 aromatic heterocycles. The standard InChI is InChI=1S/C15H17FN2O3.CH5N/c1-19-13-5-4-12-15(18-13)10(11(16)9-17-12)3-6-14-20-7-2-8-21-14;1-2/h4-5,9,14H,2-3,6-8H2,1H3;2H2,1H3. The molecule has 1 saturated heterocycles. The molecule has 6 nitrogen and oxygen atoms in total. The van der Waals surface area contributed by atoms with Gasteiger partial charge in [-0.05, 0) is 26.0 Å². The molecule has 0 amide bonds. The van der Waals surface area contributed by atoms with Crippen molar-refractivity contribution in [1.82, 2.24) is 9.97 Å². The van der Waals surface area contributed by atoms with Crippen molar-refractivity contribution in [2.24, 2.45) is 5.73 Å². The van der Waals surface area contributed by atoms with Crippen molar-refractivity contribution >= 4 is 11.0 Å². The van der Waals surface area contributed by atoms with E-state index in [1.165, 1.54) is 20.4 Å². The third-order valence-corrected chi connectivity index (χ3v) is 3.47. The lowest BCUT2D eigenvalue weighted by Gasteiger charge is -2.23. The Hall–Kier alpha value is -1.83. The van der Waals surface area contributed by atoms with E-state index in [4.69, 9.17) is 14.2 Å². The van der Waals surface area contributed by atoms with Crippen molar-refractivity contribution in [3.8, 4) is 5.88 Å². The van der Waals surface area contributed by atoms with Crippen molar-refractivity contribution < 1.29 is 18.6 Å². The molecule has 1 aliphatic heterocycles. The molecule has 2 aromatic rings. The Bertz CT molecular complexity index is 633. The van der Waals surface area contributed by atoms with Gasteiger partial charge in [-0.15, -0.1) is 0 Å². The van der Waals surface area contributed by atoms with Gasteiger partial charge >= 0.3 is 0 Å². The molecule has 23 heavy (non-hydrogen) atoms. The Morgan fingerprint density at radius 2 is 2.04 bits per heavy atom. The average Bonchev–Trinajstić information content (AvgIpc) is 2.63. The first-order chi connectivity index (χ1) is 11.3. The molecule has 0 saturated carbocycles. The van der Waals surface area contributed by atoms with Gasteiger partial charge in [0.15, 0.2) is 6.29 Å².